The van der Waals surface area contributed by atoms with Gasteiger partial charge in [-0.3, -0.25) is 4.68 Å². The number of nitrogens with one attached hydrogen (secondary N) is 1. The maximum absolute atomic E-state index is 4.32. The molecule has 1 heterocycles. The van der Waals surface area contributed by atoms with E-state index in [0.717, 1.165) is 24.8 Å². The zero-order chi connectivity index (χ0) is 13.3. The first-order chi connectivity index (χ1) is 9.22. The van der Waals surface area contributed by atoms with Gasteiger partial charge >= 0.3 is 0 Å². The average Bonchev–Trinajstić information content (AvgIpc) is 3.06. The summed E-state index contributed by atoms with van der Waals surface area (Å²) in [6.45, 7) is 4.54. The molecule has 106 valence electrons. The Hall–Kier alpha value is -0.900. The summed E-state index contributed by atoms with van der Waals surface area (Å²) in [5.74, 6) is 1.88. The highest BCUT2D eigenvalue weighted by Crippen LogP contribution is 2.56. The van der Waals surface area contributed by atoms with E-state index in [-0.39, 0.29) is 0 Å². The Morgan fingerprint density at radius 2 is 2.37 bits per heavy atom. The van der Waals surface area contributed by atoms with Crippen molar-refractivity contribution in [3.05, 3.63) is 11.9 Å². The monoisotopic (exact) mass is 262 g/mol. The number of aromatic nitrogens is 3. The van der Waals surface area contributed by atoms with Crippen molar-refractivity contribution in [1.29, 1.82) is 0 Å². The van der Waals surface area contributed by atoms with E-state index in [1.165, 1.54) is 44.3 Å². The third-order valence-corrected chi connectivity index (χ3v) is 5.19. The summed E-state index contributed by atoms with van der Waals surface area (Å²) in [4.78, 5) is 0. The number of nitrogens with zero attached hydrogens (tertiary/aromatic N) is 3. The van der Waals surface area contributed by atoms with Gasteiger partial charge in [-0.05, 0) is 49.5 Å². The molecule has 3 rings (SSSR count). The van der Waals surface area contributed by atoms with Crippen molar-refractivity contribution in [2.75, 3.05) is 13.1 Å². The fraction of sp³-hybridized carbons (Fsp3) is 0.867. The van der Waals surface area contributed by atoms with Crippen LogP contribution in [0.25, 0.3) is 0 Å². The van der Waals surface area contributed by atoms with E-state index in [1.807, 2.05) is 11.7 Å². The molecule has 0 spiro atoms. The van der Waals surface area contributed by atoms with Crippen LogP contribution in [-0.4, -0.2) is 28.1 Å². The van der Waals surface area contributed by atoms with E-state index in [9.17, 15) is 0 Å². The molecule has 3 atom stereocenters. The molecule has 19 heavy (non-hydrogen) atoms. The van der Waals surface area contributed by atoms with Gasteiger partial charge in [0.05, 0.1) is 5.69 Å². The summed E-state index contributed by atoms with van der Waals surface area (Å²) < 4.78 is 1.83. The van der Waals surface area contributed by atoms with Crippen LogP contribution in [0.2, 0.25) is 0 Å². The molecule has 1 aromatic heterocycles. The van der Waals surface area contributed by atoms with E-state index in [2.05, 4.69) is 28.7 Å². The van der Waals surface area contributed by atoms with Crippen LogP contribution in [0.4, 0.5) is 0 Å². The summed E-state index contributed by atoms with van der Waals surface area (Å²) in [5.41, 5.74) is 1.63. The predicted octanol–water partition coefficient (Wildman–Crippen LogP) is 2.16. The second-order valence-corrected chi connectivity index (χ2v) is 6.68. The summed E-state index contributed by atoms with van der Waals surface area (Å²) in [6.07, 6.45) is 10.2. The lowest BCUT2D eigenvalue weighted by Gasteiger charge is -2.37. The minimum Gasteiger partial charge on any atom is -0.316 e. The molecule has 1 aromatic rings. The number of hydrogen-bond acceptors (Lipinski definition) is 3. The van der Waals surface area contributed by atoms with Gasteiger partial charge in [0.2, 0.25) is 0 Å². The highest BCUT2D eigenvalue weighted by Gasteiger charge is 2.50. The molecule has 0 aliphatic heterocycles. The van der Waals surface area contributed by atoms with Gasteiger partial charge in [0, 0.05) is 26.2 Å². The molecular formula is C15H26N4. The fourth-order valence-electron chi connectivity index (χ4n) is 4.40. The molecule has 2 bridgehead atoms. The number of aryl methyl sites for hydroxylation is 1. The van der Waals surface area contributed by atoms with E-state index in [1.54, 1.807) is 0 Å². The van der Waals surface area contributed by atoms with Gasteiger partial charge in [-0.25, -0.2) is 0 Å². The summed E-state index contributed by atoms with van der Waals surface area (Å²) in [7, 11) is 1.96. The topological polar surface area (TPSA) is 42.7 Å². The number of hydrogen-bond donors (Lipinski definition) is 1. The van der Waals surface area contributed by atoms with E-state index in [4.69, 9.17) is 0 Å². The fourth-order valence-corrected chi connectivity index (χ4v) is 4.40. The van der Waals surface area contributed by atoms with Crippen LogP contribution >= 0.6 is 0 Å². The van der Waals surface area contributed by atoms with Crippen molar-refractivity contribution in [1.82, 2.24) is 20.3 Å². The van der Waals surface area contributed by atoms with Gasteiger partial charge in [-0.2, -0.15) is 0 Å². The quantitative estimate of drug-likeness (QED) is 0.799. The standard InChI is InChI=1S/C15H26N4/c1-3-6-16-11-15(8-12-4-5-13(15)7-12)9-14-10-19(2)18-17-14/h10,12-13,16H,3-9,11H2,1-2H3. The molecule has 3 unspecified atom stereocenters. The SMILES string of the molecule is CCCNCC1(Cc2cn(C)nn2)CC2CCC1C2. The highest BCUT2D eigenvalue weighted by molar-refractivity contribution is 5.08. The third-order valence-electron chi connectivity index (χ3n) is 5.19. The largest absolute Gasteiger partial charge is 0.316 e. The zero-order valence-electron chi connectivity index (χ0n) is 12.2. The lowest BCUT2D eigenvalue weighted by atomic mass is 9.70. The average molecular weight is 262 g/mol. The lowest BCUT2D eigenvalue weighted by Crippen LogP contribution is -2.40. The van der Waals surface area contributed by atoms with Crippen molar-refractivity contribution in [3.8, 4) is 0 Å². The van der Waals surface area contributed by atoms with E-state index in [0.29, 0.717) is 5.41 Å². The molecule has 2 fully saturated rings. The van der Waals surface area contributed by atoms with Crippen LogP contribution in [0.15, 0.2) is 6.20 Å². The molecule has 0 amide bonds. The van der Waals surface area contributed by atoms with Crippen LogP contribution in [0.5, 0.6) is 0 Å². The molecule has 0 saturated heterocycles. The lowest BCUT2D eigenvalue weighted by molar-refractivity contribution is 0.155. The Kier molecular flexibility index (Phi) is 3.61. The second kappa shape index (κ2) is 5.23. The normalized spacial score (nSPS) is 33.2. The van der Waals surface area contributed by atoms with E-state index < -0.39 is 0 Å². The predicted molar refractivity (Wildman–Crippen MR) is 75.7 cm³/mol. The Morgan fingerprint density at radius 1 is 1.47 bits per heavy atom. The minimum atomic E-state index is 0.452. The highest BCUT2D eigenvalue weighted by atomic mass is 15.4. The van der Waals surface area contributed by atoms with Crippen molar-refractivity contribution in [2.24, 2.45) is 24.3 Å². The molecule has 2 aliphatic rings. The van der Waals surface area contributed by atoms with Crippen LogP contribution < -0.4 is 5.32 Å². The molecule has 1 N–H and O–H groups in total. The molecular weight excluding hydrogens is 236 g/mol. The van der Waals surface area contributed by atoms with Crippen molar-refractivity contribution in [2.45, 2.75) is 45.4 Å². The van der Waals surface area contributed by atoms with Crippen molar-refractivity contribution >= 4 is 0 Å². The first-order valence-electron chi connectivity index (χ1n) is 7.78. The van der Waals surface area contributed by atoms with E-state index >= 15 is 0 Å². The van der Waals surface area contributed by atoms with Crippen LogP contribution in [0.1, 0.15) is 44.7 Å². The Balaban J connectivity index is 1.73. The molecule has 4 nitrogen and oxygen atoms in total. The van der Waals surface area contributed by atoms with Gasteiger partial charge in [0.25, 0.3) is 0 Å². The van der Waals surface area contributed by atoms with Crippen molar-refractivity contribution < 1.29 is 0 Å². The van der Waals surface area contributed by atoms with Crippen LogP contribution in [0.3, 0.4) is 0 Å². The minimum absolute atomic E-state index is 0.452. The van der Waals surface area contributed by atoms with Crippen LogP contribution in [-0.2, 0) is 13.5 Å². The summed E-state index contributed by atoms with van der Waals surface area (Å²) in [5, 5.41) is 12.1. The van der Waals surface area contributed by atoms with Gasteiger partial charge in [0.15, 0.2) is 0 Å². The zero-order valence-corrected chi connectivity index (χ0v) is 12.2. The van der Waals surface area contributed by atoms with Gasteiger partial charge in [0.1, 0.15) is 0 Å². The first kappa shape index (κ1) is 13.1. The molecule has 0 aromatic carbocycles. The molecule has 0 radical (unpaired) electrons. The summed E-state index contributed by atoms with van der Waals surface area (Å²) in [6, 6.07) is 0. The molecule has 4 heteroatoms. The third kappa shape index (κ3) is 2.55. The maximum atomic E-state index is 4.32. The number of rotatable bonds is 6. The first-order valence-corrected chi connectivity index (χ1v) is 7.78. The van der Waals surface area contributed by atoms with Crippen LogP contribution in [0, 0.1) is 17.3 Å². The maximum Gasteiger partial charge on any atom is 0.0833 e. The number of fused-ring (bicyclic) bond motifs is 2. The summed E-state index contributed by atoms with van der Waals surface area (Å²) >= 11 is 0. The Labute approximate surface area is 116 Å². The molecule has 2 saturated carbocycles. The van der Waals surface area contributed by atoms with Gasteiger partial charge < -0.3 is 5.32 Å². The van der Waals surface area contributed by atoms with Gasteiger partial charge in [-0.15, -0.1) is 5.10 Å². The molecule has 2 aliphatic carbocycles. The van der Waals surface area contributed by atoms with Crippen molar-refractivity contribution in [3.63, 3.8) is 0 Å². The smallest absolute Gasteiger partial charge is 0.0833 e. The second-order valence-electron chi connectivity index (χ2n) is 6.68. The Morgan fingerprint density at radius 3 is 2.95 bits per heavy atom. The van der Waals surface area contributed by atoms with Gasteiger partial charge in [-0.1, -0.05) is 18.6 Å². The Bertz CT molecular complexity index is 428.